The Morgan fingerprint density at radius 1 is 1.12 bits per heavy atom. The Kier molecular flexibility index (Phi) is 6.42. The van der Waals surface area contributed by atoms with Crippen LogP contribution in [0.3, 0.4) is 0 Å². The van der Waals surface area contributed by atoms with Gasteiger partial charge in [-0.1, -0.05) is 12.1 Å². The Morgan fingerprint density at radius 2 is 1.94 bits per heavy atom. The number of hydrogen-bond donors (Lipinski definition) is 2. The van der Waals surface area contributed by atoms with E-state index in [4.69, 9.17) is 4.74 Å². The number of nitrogens with one attached hydrogen (secondary N) is 1. The lowest BCUT2D eigenvalue weighted by Gasteiger charge is -2.29. The molecule has 0 saturated heterocycles. The minimum atomic E-state index is -4.48. The molecule has 2 N–H and O–H groups in total. The number of aliphatic hydroxyl groups excluding tert-OH is 1. The molecule has 6 nitrogen and oxygen atoms in total. The van der Waals surface area contributed by atoms with Crippen molar-refractivity contribution in [1.82, 2.24) is 0 Å². The quantitative estimate of drug-likeness (QED) is 0.674. The molecule has 2 aliphatic rings. The number of carbonyl (C=O) groups is 2. The van der Waals surface area contributed by atoms with Crippen LogP contribution in [-0.2, 0) is 22.2 Å². The summed E-state index contributed by atoms with van der Waals surface area (Å²) >= 11 is 0. The predicted molar refractivity (Wildman–Crippen MR) is 117 cm³/mol. The number of carbonyl (C=O) groups excluding carboxylic acids is 2. The molecule has 174 valence electrons. The second-order valence-corrected chi connectivity index (χ2v) is 7.97. The lowest BCUT2D eigenvalue weighted by atomic mass is 9.98. The summed E-state index contributed by atoms with van der Waals surface area (Å²) in [5, 5.41) is 12.0. The number of halogens is 3. The maximum atomic E-state index is 13.1. The maximum absolute atomic E-state index is 13.1. The highest BCUT2D eigenvalue weighted by Crippen LogP contribution is 2.38. The minimum Gasteiger partial charge on any atom is -0.493 e. The molecule has 0 radical (unpaired) electrons. The van der Waals surface area contributed by atoms with E-state index in [1.54, 1.807) is 12.1 Å². The van der Waals surface area contributed by atoms with E-state index < -0.39 is 30.2 Å². The van der Waals surface area contributed by atoms with Crippen molar-refractivity contribution in [1.29, 1.82) is 0 Å². The van der Waals surface area contributed by atoms with Gasteiger partial charge < -0.3 is 20.1 Å². The Balaban J connectivity index is 1.58. The number of amides is 2. The highest BCUT2D eigenvalue weighted by atomic mass is 19.4. The standard InChI is InChI=1S/C24H23F3N2O4/c25-24(26,27)17-6-8-19-16(4-2-10-33-21(19)12-17)11-22(31)28-18-7-5-15-3-1-9-29(20(15)13-18)23(32)14-30/h5-8,11-13,30H,1-4,9-10,14H2,(H,28,31)/b16-11+. The normalized spacial score (nSPS) is 17.0. The summed E-state index contributed by atoms with van der Waals surface area (Å²) in [7, 11) is 0. The number of ether oxygens (including phenoxy) is 1. The molecule has 2 heterocycles. The molecular weight excluding hydrogens is 437 g/mol. The molecule has 2 amide bonds. The van der Waals surface area contributed by atoms with Crippen molar-refractivity contribution in [2.75, 3.05) is 30.0 Å². The molecule has 0 fully saturated rings. The van der Waals surface area contributed by atoms with E-state index in [2.05, 4.69) is 5.32 Å². The van der Waals surface area contributed by atoms with E-state index >= 15 is 0 Å². The predicted octanol–water partition coefficient (Wildman–Crippen LogP) is 4.17. The fraction of sp³-hybridized carbons (Fsp3) is 0.333. The van der Waals surface area contributed by atoms with Gasteiger partial charge in [0.05, 0.1) is 12.2 Å². The van der Waals surface area contributed by atoms with Crippen molar-refractivity contribution in [2.24, 2.45) is 0 Å². The third-order valence-electron chi connectivity index (χ3n) is 5.72. The topological polar surface area (TPSA) is 78.9 Å². The number of hydrogen-bond acceptors (Lipinski definition) is 4. The molecule has 4 rings (SSSR count). The molecule has 0 atom stereocenters. The molecule has 2 aromatic carbocycles. The maximum Gasteiger partial charge on any atom is 0.416 e. The third-order valence-corrected chi connectivity index (χ3v) is 5.72. The summed E-state index contributed by atoms with van der Waals surface area (Å²) in [6, 6.07) is 8.54. The summed E-state index contributed by atoms with van der Waals surface area (Å²) in [6.45, 7) is 0.150. The zero-order valence-corrected chi connectivity index (χ0v) is 17.7. The van der Waals surface area contributed by atoms with E-state index in [0.717, 1.165) is 30.5 Å². The van der Waals surface area contributed by atoms with Crippen molar-refractivity contribution in [3.05, 3.63) is 59.2 Å². The molecule has 33 heavy (non-hydrogen) atoms. The largest absolute Gasteiger partial charge is 0.493 e. The molecular formula is C24H23F3N2O4. The van der Waals surface area contributed by atoms with E-state index in [0.29, 0.717) is 41.9 Å². The first kappa shape index (κ1) is 22.8. The zero-order chi connectivity index (χ0) is 23.6. The molecule has 2 aliphatic heterocycles. The van der Waals surface area contributed by atoms with Gasteiger partial charge in [0.2, 0.25) is 5.91 Å². The number of alkyl halides is 3. The number of anilines is 2. The Hall–Kier alpha value is -3.33. The lowest BCUT2D eigenvalue weighted by Crippen LogP contribution is -2.37. The van der Waals surface area contributed by atoms with Gasteiger partial charge in [0.15, 0.2) is 0 Å². The summed E-state index contributed by atoms with van der Waals surface area (Å²) in [5.74, 6) is -0.739. The van der Waals surface area contributed by atoms with E-state index in [-0.39, 0.29) is 12.4 Å². The van der Waals surface area contributed by atoms with Crippen LogP contribution in [0.1, 0.15) is 36.0 Å². The zero-order valence-electron chi connectivity index (χ0n) is 17.7. The number of nitrogens with zero attached hydrogens (tertiary/aromatic N) is 1. The van der Waals surface area contributed by atoms with Crippen LogP contribution in [0.15, 0.2) is 42.5 Å². The molecule has 2 aromatic rings. The highest BCUT2D eigenvalue weighted by Gasteiger charge is 2.32. The van der Waals surface area contributed by atoms with Gasteiger partial charge in [-0.15, -0.1) is 0 Å². The fourth-order valence-electron chi connectivity index (χ4n) is 4.15. The first-order chi connectivity index (χ1) is 15.8. The van der Waals surface area contributed by atoms with Gasteiger partial charge in [-0.2, -0.15) is 13.2 Å². The summed E-state index contributed by atoms with van der Waals surface area (Å²) < 4.78 is 44.7. The second kappa shape index (κ2) is 9.27. The van der Waals surface area contributed by atoms with Crippen LogP contribution >= 0.6 is 0 Å². The Morgan fingerprint density at radius 3 is 2.70 bits per heavy atom. The molecule has 0 aliphatic carbocycles. The molecule has 0 saturated carbocycles. The van der Waals surface area contributed by atoms with E-state index in [1.807, 2.05) is 6.07 Å². The molecule has 0 unspecified atom stereocenters. The first-order valence-electron chi connectivity index (χ1n) is 10.7. The van der Waals surface area contributed by atoms with Crippen LogP contribution in [-0.4, -0.2) is 36.7 Å². The van der Waals surface area contributed by atoms with E-state index in [1.165, 1.54) is 17.0 Å². The van der Waals surface area contributed by atoms with E-state index in [9.17, 15) is 27.9 Å². The van der Waals surface area contributed by atoms with Gasteiger partial charge in [0.1, 0.15) is 12.4 Å². The van der Waals surface area contributed by atoms with Crippen LogP contribution in [0, 0.1) is 0 Å². The number of allylic oxidation sites excluding steroid dienone is 1. The Labute approximate surface area is 188 Å². The van der Waals surface area contributed by atoms with Gasteiger partial charge in [-0.05, 0) is 61.1 Å². The van der Waals surface area contributed by atoms with Crippen molar-refractivity contribution >= 4 is 28.8 Å². The molecule has 0 aromatic heterocycles. The molecule has 9 heteroatoms. The smallest absolute Gasteiger partial charge is 0.416 e. The van der Waals surface area contributed by atoms with Crippen molar-refractivity contribution in [3.63, 3.8) is 0 Å². The van der Waals surface area contributed by atoms with Gasteiger partial charge >= 0.3 is 6.18 Å². The monoisotopic (exact) mass is 460 g/mol. The van der Waals surface area contributed by atoms with Crippen molar-refractivity contribution < 1.29 is 32.6 Å². The van der Waals surface area contributed by atoms with Crippen LogP contribution in [0.2, 0.25) is 0 Å². The summed E-state index contributed by atoms with van der Waals surface area (Å²) in [4.78, 5) is 26.3. The van der Waals surface area contributed by atoms with Crippen LogP contribution < -0.4 is 15.0 Å². The van der Waals surface area contributed by atoms with Crippen molar-refractivity contribution in [3.8, 4) is 5.75 Å². The summed E-state index contributed by atoms with van der Waals surface area (Å²) in [5.41, 5.74) is 2.33. The minimum absolute atomic E-state index is 0.105. The van der Waals surface area contributed by atoms with Gasteiger partial charge in [-0.25, -0.2) is 0 Å². The molecule has 0 bridgehead atoms. The van der Waals surface area contributed by atoms with Crippen molar-refractivity contribution in [2.45, 2.75) is 31.9 Å². The van der Waals surface area contributed by atoms with Crippen LogP contribution in [0.25, 0.3) is 5.57 Å². The number of aryl methyl sites for hydroxylation is 1. The van der Waals surface area contributed by atoms with Crippen LogP contribution in [0.5, 0.6) is 5.75 Å². The van der Waals surface area contributed by atoms with Gasteiger partial charge in [-0.3, -0.25) is 9.59 Å². The number of aliphatic hydroxyl groups is 1. The van der Waals surface area contributed by atoms with Crippen LogP contribution in [0.4, 0.5) is 24.5 Å². The molecule has 0 spiro atoms. The first-order valence-corrected chi connectivity index (χ1v) is 10.7. The number of fused-ring (bicyclic) bond motifs is 2. The second-order valence-electron chi connectivity index (χ2n) is 7.97. The SMILES string of the molecule is O=C(/C=C1\CCCOc2cc(C(F)(F)F)ccc21)Nc1ccc2c(c1)N(C(=O)CO)CCC2. The van der Waals surface area contributed by atoms with Gasteiger partial charge in [0, 0.05) is 29.6 Å². The number of rotatable bonds is 3. The van der Waals surface area contributed by atoms with Gasteiger partial charge in [0.25, 0.3) is 5.91 Å². The summed E-state index contributed by atoms with van der Waals surface area (Å²) in [6.07, 6.45) is -0.491. The average molecular weight is 460 g/mol. The number of benzene rings is 2. The fourth-order valence-corrected chi connectivity index (χ4v) is 4.15. The highest BCUT2D eigenvalue weighted by molar-refractivity contribution is 6.05. The third kappa shape index (κ3) is 5.03. The average Bonchev–Trinajstić information content (AvgIpc) is 2.99. The lowest BCUT2D eigenvalue weighted by molar-refractivity contribution is -0.137. The Bertz CT molecular complexity index is 1110.